The van der Waals surface area contributed by atoms with Crippen molar-refractivity contribution in [3.05, 3.63) is 59.7 Å². The average molecular weight is 1060 g/mol. The molecule has 436 valence electrons. The van der Waals surface area contributed by atoms with E-state index in [0.29, 0.717) is 0 Å². The molecule has 0 aliphatic rings. The Labute approximate surface area is 481 Å². The summed E-state index contributed by atoms with van der Waals surface area (Å²) in [6.07, 6.45) is 72.2. The zero-order valence-corrected chi connectivity index (χ0v) is 52.0. The van der Waals surface area contributed by atoms with Crippen molar-refractivity contribution in [2.45, 2.75) is 368 Å². The van der Waals surface area contributed by atoms with Crippen LogP contribution < -0.4 is 0 Å². The molecule has 0 fully saturated rings. The van der Waals surface area contributed by atoms with Gasteiger partial charge >= 0.3 is 0 Å². The molecule has 0 saturated heterocycles. The second-order valence-electron chi connectivity index (χ2n) is 23.7. The molecule has 2 aromatic rings. The Hall–Kier alpha value is -3.10. The number of aliphatic imine (C=N–C) groups is 2. The first kappa shape index (κ1) is 70.0. The van der Waals surface area contributed by atoms with Gasteiger partial charge in [-0.2, -0.15) is 0 Å². The maximum absolute atomic E-state index is 5.33. The van der Waals surface area contributed by atoms with E-state index in [1.807, 2.05) is 0 Å². The van der Waals surface area contributed by atoms with E-state index >= 15 is 0 Å². The van der Waals surface area contributed by atoms with Crippen molar-refractivity contribution in [3.63, 3.8) is 0 Å². The third-order valence-corrected chi connectivity index (χ3v) is 16.1. The van der Waals surface area contributed by atoms with Crippen LogP contribution in [-0.2, 0) is 0 Å². The van der Waals surface area contributed by atoms with E-state index in [-0.39, 0.29) is 0 Å². The minimum Gasteiger partial charge on any atom is -0.252 e. The molecule has 0 unspecified atom stereocenters. The quantitative estimate of drug-likeness (QED) is 0.0358. The molecule has 0 spiro atoms. The maximum atomic E-state index is 5.33. The summed E-state index contributed by atoms with van der Waals surface area (Å²) in [5.41, 5.74) is 6.38. The first-order valence-electron chi connectivity index (χ1n) is 34.5. The average Bonchev–Trinajstić information content (AvgIpc) is 3.44. The summed E-state index contributed by atoms with van der Waals surface area (Å²) >= 11 is 0. The van der Waals surface area contributed by atoms with Gasteiger partial charge in [-0.3, -0.25) is 9.98 Å². The van der Waals surface area contributed by atoms with Crippen LogP contribution in [0.4, 0.5) is 11.4 Å². The summed E-state index contributed by atoms with van der Waals surface area (Å²) in [5.74, 6) is 13.9. The smallest absolute Gasteiger partial charge is 0.0646 e. The van der Waals surface area contributed by atoms with Crippen molar-refractivity contribution < 1.29 is 0 Å². The lowest BCUT2D eigenvalue weighted by molar-refractivity contribution is 0.519. The van der Waals surface area contributed by atoms with Crippen LogP contribution in [0.25, 0.3) is 0 Å². The molecule has 0 bridgehead atoms. The summed E-state index contributed by atoms with van der Waals surface area (Å²) in [6, 6.07) is 17.2. The zero-order valence-electron chi connectivity index (χ0n) is 52.0. The van der Waals surface area contributed by atoms with Gasteiger partial charge in [0, 0.05) is 24.0 Å². The van der Waals surface area contributed by atoms with Crippen LogP contribution >= 0.6 is 0 Å². The Balaban J connectivity index is 1.66. The van der Waals surface area contributed by atoms with E-state index in [2.05, 4.69) is 99.9 Å². The van der Waals surface area contributed by atoms with Gasteiger partial charge in [0.2, 0.25) is 0 Å². The molecule has 0 radical (unpaired) electrons. The molecule has 0 aliphatic heterocycles. The Morgan fingerprint density at radius 3 is 0.779 bits per heavy atom. The van der Waals surface area contributed by atoms with E-state index in [1.54, 1.807) is 0 Å². The summed E-state index contributed by atoms with van der Waals surface area (Å²) in [7, 11) is 0. The first-order chi connectivity index (χ1) is 38.2. The molecular formula is C75H126N2. The number of hydrogen-bond donors (Lipinski definition) is 0. The summed E-state index contributed by atoms with van der Waals surface area (Å²) in [5, 5.41) is 0. The van der Waals surface area contributed by atoms with Crippen LogP contribution in [0, 0.1) is 23.7 Å². The molecule has 2 nitrogen and oxygen atoms in total. The Bertz CT molecular complexity index is 1770. The molecule has 0 heterocycles. The predicted molar refractivity (Wildman–Crippen MR) is 348 cm³/mol. The molecule has 0 aliphatic carbocycles. The third-order valence-electron chi connectivity index (χ3n) is 16.1. The van der Waals surface area contributed by atoms with Gasteiger partial charge in [-0.05, 0) is 74.9 Å². The van der Waals surface area contributed by atoms with Gasteiger partial charge in [-0.1, -0.05) is 352 Å². The highest BCUT2D eigenvalue weighted by molar-refractivity contribution is 6.43. The van der Waals surface area contributed by atoms with Crippen LogP contribution in [-0.4, -0.2) is 11.4 Å². The number of nitrogens with zero attached hydrogens (tertiary/aromatic N) is 2. The maximum Gasteiger partial charge on any atom is 0.0646 e. The van der Waals surface area contributed by atoms with Gasteiger partial charge in [0.15, 0.2) is 0 Å². The molecule has 2 heteroatoms. The largest absolute Gasteiger partial charge is 0.252 e. The number of unbranched alkanes of at least 4 members (excludes halogenated alkanes) is 47. The highest BCUT2D eigenvalue weighted by Gasteiger charge is 2.11. The molecular weight excluding hydrogens is 929 g/mol. The first-order valence-corrected chi connectivity index (χ1v) is 34.5. The molecule has 0 atom stereocenters. The standard InChI is InChI=1S/C75H126N2/c1-5-9-13-15-17-19-21-23-25-27-29-31-33-35-37-39-41-43-45-47-49-51-53-56-60-70-62-58-64-72(68-70)76-74(66-12-8-4)75(67-55-11-7-3)77-73-65-59-63-71(69-73)61-57-54-52-50-48-46-44-42-40-38-36-34-32-30-28-26-24-22-20-18-16-14-10-6-2/h58-59,62-65,68-69H,5-55,66-67H2,1-4H3. The van der Waals surface area contributed by atoms with Crippen molar-refractivity contribution in [3.8, 4) is 23.7 Å². The van der Waals surface area contributed by atoms with Crippen LogP contribution in [0.5, 0.6) is 0 Å². The van der Waals surface area contributed by atoms with E-state index in [4.69, 9.17) is 9.98 Å². The normalized spacial score (nSPS) is 11.7. The van der Waals surface area contributed by atoms with Crippen molar-refractivity contribution in [1.29, 1.82) is 0 Å². The fraction of sp³-hybridized carbons (Fsp3) is 0.760. The summed E-state index contributed by atoms with van der Waals surface area (Å²) < 4.78 is 0. The van der Waals surface area contributed by atoms with Gasteiger partial charge < -0.3 is 0 Å². The topological polar surface area (TPSA) is 24.7 Å². The Morgan fingerprint density at radius 2 is 0.506 bits per heavy atom. The highest BCUT2D eigenvalue weighted by Crippen LogP contribution is 2.23. The fourth-order valence-electron chi connectivity index (χ4n) is 11.0. The van der Waals surface area contributed by atoms with E-state index < -0.39 is 0 Å². The van der Waals surface area contributed by atoms with Crippen LogP contribution in [0.3, 0.4) is 0 Å². The SMILES string of the molecule is CCCCCCCCCCCCCCCCCCCCCCCCC#Cc1cccc(N=C(CCCC)C(CCCCC)=Nc2cccc(C#CCCCCCCCCCCCCCCCCCCCCCCCC)c2)c1. The molecule has 0 saturated carbocycles. The molecule has 0 aromatic heterocycles. The van der Waals surface area contributed by atoms with Gasteiger partial charge in [0.1, 0.15) is 0 Å². The number of rotatable bonds is 54. The van der Waals surface area contributed by atoms with Gasteiger partial charge in [0.05, 0.1) is 22.8 Å². The minimum atomic E-state index is 0.940. The minimum absolute atomic E-state index is 0.940. The van der Waals surface area contributed by atoms with Crippen LogP contribution in [0.15, 0.2) is 58.5 Å². The van der Waals surface area contributed by atoms with Crippen molar-refractivity contribution >= 4 is 22.8 Å². The lowest BCUT2D eigenvalue weighted by Crippen LogP contribution is -2.14. The number of benzene rings is 2. The molecule has 2 aromatic carbocycles. The Morgan fingerprint density at radius 1 is 0.273 bits per heavy atom. The number of hydrogen-bond acceptors (Lipinski definition) is 2. The molecule has 0 N–H and O–H groups in total. The van der Waals surface area contributed by atoms with E-state index in [9.17, 15) is 0 Å². The van der Waals surface area contributed by atoms with E-state index in [1.165, 1.54) is 295 Å². The third kappa shape index (κ3) is 45.3. The Kier molecular flexibility index (Phi) is 51.1. The van der Waals surface area contributed by atoms with Crippen molar-refractivity contribution in [1.82, 2.24) is 0 Å². The van der Waals surface area contributed by atoms with Gasteiger partial charge in [-0.15, -0.1) is 0 Å². The van der Waals surface area contributed by atoms with Crippen molar-refractivity contribution in [2.24, 2.45) is 9.98 Å². The molecule has 77 heavy (non-hydrogen) atoms. The van der Waals surface area contributed by atoms with Gasteiger partial charge in [-0.25, -0.2) is 0 Å². The van der Waals surface area contributed by atoms with Crippen LogP contribution in [0.1, 0.15) is 379 Å². The summed E-state index contributed by atoms with van der Waals surface area (Å²) in [6.45, 7) is 9.17. The lowest BCUT2D eigenvalue weighted by atomic mass is 10.0. The van der Waals surface area contributed by atoms with Crippen molar-refractivity contribution in [2.75, 3.05) is 0 Å². The second-order valence-corrected chi connectivity index (χ2v) is 23.7. The molecule has 0 amide bonds. The lowest BCUT2D eigenvalue weighted by Gasteiger charge is -2.11. The summed E-state index contributed by atoms with van der Waals surface area (Å²) in [4.78, 5) is 10.7. The fourth-order valence-corrected chi connectivity index (χ4v) is 11.0. The predicted octanol–water partition coefficient (Wildman–Crippen LogP) is 26.0. The van der Waals surface area contributed by atoms with Gasteiger partial charge in [0.25, 0.3) is 0 Å². The monoisotopic (exact) mass is 1050 g/mol. The highest BCUT2D eigenvalue weighted by atomic mass is 14.8. The van der Waals surface area contributed by atoms with E-state index in [0.717, 1.165) is 78.9 Å². The zero-order chi connectivity index (χ0) is 54.8. The second kappa shape index (κ2) is 56.2. The molecule has 2 rings (SSSR count). The van der Waals surface area contributed by atoms with Crippen LogP contribution in [0.2, 0.25) is 0 Å².